The van der Waals surface area contributed by atoms with Crippen LogP contribution in [-0.4, -0.2) is 35.3 Å². The Labute approximate surface area is 123 Å². The number of nitrogens with zero attached hydrogens (tertiary/aromatic N) is 1. The maximum Gasteiger partial charge on any atom is 0.335 e. The first-order valence-corrected chi connectivity index (χ1v) is 6.79. The highest BCUT2D eigenvalue weighted by atomic mass is 16.6. The Morgan fingerprint density at radius 3 is 2.71 bits per heavy atom. The predicted octanol–water partition coefficient (Wildman–Crippen LogP) is 2.91. The minimum absolute atomic E-state index is 0.0995. The molecular weight excluding hydrogens is 276 g/mol. The van der Waals surface area contributed by atoms with E-state index in [0.717, 1.165) is 18.9 Å². The first-order valence-electron chi connectivity index (χ1n) is 6.79. The summed E-state index contributed by atoms with van der Waals surface area (Å²) in [5, 5.41) is 22.8. The molecule has 0 radical (unpaired) electrons. The van der Waals surface area contributed by atoms with E-state index in [9.17, 15) is 14.9 Å². The molecule has 1 aromatic rings. The molecule has 0 saturated carbocycles. The van der Waals surface area contributed by atoms with Gasteiger partial charge in [-0.1, -0.05) is 0 Å². The number of benzene rings is 1. The van der Waals surface area contributed by atoms with Crippen LogP contribution in [0.3, 0.4) is 0 Å². The van der Waals surface area contributed by atoms with Crippen LogP contribution in [0.1, 0.15) is 37.0 Å². The second-order valence-corrected chi connectivity index (χ2v) is 4.85. The summed E-state index contributed by atoms with van der Waals surface area (Å²) in [6.07, 6.45) is 1.86. The predicted molar refractivity (Wildman–Crippen MR) is 78.9 cm³/mol. The molecule has 0 aliphatic heterocycles. The van der Waals surface area contributed by atoms with Crippen molar-refractivity contribution in [3.63, 3.8) is 0 Å². The lowest BCUT2D eigenvalue weighted by molar-refractivity contribution is -0.384. The lowest BCUT2D eigenvalue weighted by Crippen LogP contribution is -2.08. The van der Waals surface area contributed by atoms with Crippen molar-refractivity contribution in [1.82, 2.24) is 0 Å². The molecule has 21 heavy (non-hydrogen) atoms. The third kappa shape index (κ3) is 5.78. The number of carboxylic acids is 1. The quantitative estimate of drug-likeness (QED) is 0.412. The largest absolute Gasteiger partial charge is 0.478 e. The maximum atomic E-state index is 11.0. The first-order chi connectivity index (χ1) is 9.91. The zero-order valence-corrected chi connectivity index (χ0v) is 12.2. The van der Waals surface area contributed by atoms with E-state index in [1.807, 2.05) is 13.8 Å². The van der Waals surface area contributed by atoms with Crippen LogP contribution < -0.4 is 5.32 Å². The lowest BCUT2D eigenvalue weighted by atomic mass is 10.1. The molecule has 2 N–H and O–H groups in total. The molecule has 1 aromatic carbocycles. The van der Waals surface area contributed by atoms with Gasteiger partial charge in [-0.3, -0.25) is 10.1 Å². The fourth-order valence-corrected chi connectivity index (χ4v) is 1.73. The van der Waals surface area contributed by atoms with Crippen LogP contribution in [0.4, 0.5) is 11.4 Å². The number of unbranched alkanes of at least 4 members (excludes halogenated alkanes) is 1. The molecule has 0 amide bonds. The summed E-state index contributed by atoms with van der Waals surface area (Å²) >= 11 is 0. The van der Waals surface area contributed by atoms with Crippen LogP contribution in [0.25, 0.3) is 0 Å². The fourth-order valence-electron chi connectivity index (χ4n) is 1.73. The van der Waals surface area contributed by atoms with Gasteiger partial charge in [0.25, 0.3) is 5.69 Å². The third-order valence-corrected chi connectivity index (χ3v) is 2.78. The van der Waals surface area contributed by atoms with Gasteiger partial charge in [0.05, 0.1) is 16.6 Å². The van der Waals surface area contributed by atoms with Gasteiger partial charge in [0.15, 0.2) is 0 Å². The standard InChI is InChI=1S/C14H20N2O5/c1-10(2)21-8-4-3-7-15-12-6-5-11(14(17)18)9-13(12)16(19)20/h5-6,9-10,15H,3-4,7-8H2,1-2H3,(H,17,18). The molecule has 0 bridgehead atoms. The van der Waals surface area contributed by atoms with Crippen LogP contribution in [0.5, 0.6) is 0 Å². The Kier molecular flexibility index (Phi) is 6.61. The van der Waals surface area contributed by atoms with Crippen molar-refractivity contribution < 1.29 is 19.6 Å². The van der Waals surface area contributed by atoms with Crippen molar-refractivity contribution in [2.45, 2.75) is 32.8 Å². The molecular formula is C14H20N2O5. The maximum absolute atomic E-state index is 11.0. The summed E-state index contributed by atoms with van der Waals surface area (Å²) in [6, 6.07) is 3.83. The summed E-state index contributed by atoms with van der Waals surface area (Å²) in [5.74, 6) is -1.18. The molecule has 0 aromatic heterocycles. The van der Waals surface area contributed by atoms with Crippen molar-refractivity contribution in [3.8, 4) is 0 Å². The minimum atomic E-state index is -1.18. The van der Waals surface area contributed by atoms with Crippen LogP contribution in [0, 0.1) is 10.1 Å². The summed E-state index contributed by atoms with van der Waals surface area (Å²) < 4.78 is 5.40. The molecule has 7 nitrogen and oxygen atoms in total. The Morgan fingerprint density at radius 1 is 1.43 bits per heavy atom. The van der Waals surface area contributed by atoms with E-state index in [4.69, 9.17) is 9.84 Å². The molecule has 0 unspecified atom stereocenters. The molecule has 0 saturated heterocycles. The van der Waals surface area contributed by atoms with Gasteiger partial charge in [0.1, 0.15) is 5.69 Å². The van der Waals surface area contributed by atoms with E-state index < -0.39 is 10.9 Å². The number of nitrogens with one attached hydrogen (secondary N) is 1. The molecule has 0 aliphatic carbocycles. The van der Waals surface area contributed by atoms with E-state index in [1.165, 1.54) is 12.1 Å². The van der Waals surface area contributed by atoms with Gasteiger partial charge >= 0.3 is 5.97 Å². The third-order valence-electron chi connectivity index (χ3n) is 2.78. The van der Waals surface area contributed by atoms with E-state index in [1.54, 1.807) is 0 Å². The Morgan fingerprint density at radius 2 is 2.14 bits per heavy atom. The number of ether oxygens (including phenoxy) is 1. The number of hydrogen-bond acceptors (Lipinski definition) is 5. The fraction of sp³-hybridized carbons (Fsp3) is 0.500. The number of carboxylic acid groups (broad SMARTS) is 1. The summed E-state index contributed by atoms with van der Waals surface area (Å²) in [6.45, 7) is 5.14. The van der Waals surface area contributed by atoms with Crippen molar-refractivity contribution >= 4 is 17.3 Å². The normalized spacial score (nSPS) is 10.6. The SMILES string of the molecule is CC(C)OCCCCNc1ccc(C(=O)O)cc1[N+](=O)[O-]. The van der Waals surface area contributed by atoms with Gasteiger partial charge in [-0.2, -0.15) is 0 Å². The molecule has 0 fully saturated rings. The zero-order valence-electron chi connectivity index (χ0n) is 12.2. The average Bonchev–Trinajstić information content (AvgIpc) is 2.42. The molecule has 0 atom stereocenters. The molecule has 0 heterocycles. The second kappa shape index (κ2) is 8.21. The van der Waals surface area contributed by atoms with Gasteiger partial charge in [-0.25, -0.2) is 4.79 Å². The molecule has 7 heteroatoms. The van der Waals surface area contributed by atoms with Crippen LogP contribution in [0.15, 0.2) is 18.2 Å². The van der Waals surface area contributed by atoms with E-state index in [-0.39, 0.29) is 17.4 Å². The molecule has 0 aliphatic rings. The monoisotopic (exact) mass is 296 g/mol. The average molecular weight is 296 g/mol. The Balaban J connectivity index is 2.54. The highest BCUT2D eigenvalue weighted by Gasteiger charge is 2.16. The smallest absolute Gasteiger partial charge is 0.335 e. The number of hydrogen-bond donors (Lipinski definition) is 2. The van der Waals surface area contributed by atoms with Crippen molar-refractivity contribution in [1.29, 1.82) is 0 Å². The first kappa shape index (κ1) is 16.9. The van der Waals surface area contributed by atoms with Gasteiger partial charge in [0.2, 0.25) is 0 Å². The topological polar surface area (TPSA) is 102 Å². The van der Waals surface area contributed by atoms with Crippen LogP contribution in [0.2, 0.25) is 0 Å². The van der Waals surface area contributed by atoms with Gasteiger partial charge in [-0.05, 0) is 38.8 Å². The van der Waals surface area contributed by atoms with E-state index in [0.29, 0.717) is 18.8 Å². The highest BCUT2D eigenvalue weighted by Crippen LogP contribution is 2.25. The highest BCUT2D eigenvalue weighted by molar-refractivity contribution is 5.89. The summed E-state index contributed by atoms with van der Waals surface area (Å²) in [7, 11) is 0. The van der Waals surface area contributed by atoms with Gasteiger partial charge in [0, 0.05) is 19.2 Å². The summed E-state index contributed by atoms with van der Waals surface area (Å²) in [4.78, 5) is 21.2. The molecule has 1 rings (SSSR count). The number of nitro groups is 1. The number of carbonyl (C=O) groups is 1. The number of nitro benzene ring substituents is 1. The Bertz CT molecular complexity index is 502. The number of aromatic carboxylic acids is 1. The van der Waals surface area contributed by atoms with Crippen LogP contribution >= 0.6 is 0 Å². The molecule has 116 valence electrons. The van der Waals surface area contributed by atoms with E-state index in [2.05, 4.69) is 5.32 Å². The van der Waals surface area contributed by atoms with Crippen molar-refractivity contribution in [3.05, 3.63) is 33.9 Å². The minimum Gasteiger partial charge on any atom is -0.478 e. The second-order valence-electron chi connectivity index (χ2n) is 4.85. The van der Waals surface area contributed by atoms with Crippen molar-refractivity contribution in [2.75, 3.05) is 18.5 Å². The summed E-state index contributed by atoms with van der Waals surface area (Å²) in [5.41, 5.74) is 0.000641. The van der Waals surface area contributed by atoms with Gasteiger partial charge in [-0.15, -0.1) is 0 Å². The van der Waals surface area contributed by atoms with Crippen LogP contribution in [-0.2, 0) is 4.74 Å². The number of anilines is 1. The molecule has 0 spiro atoms. The Hall–Kier alpha value is -2.15. The van der Waals surface area contributed by atoms with Gasteiger partial charge < -0.3 is 15.2 Å². The zero-order chi connectivity index (χ0) is 15.8. The number of rotatable bonds is 9. The van der Waals surface area contributed by atoms with E-state index >= 15 is 0 Å². The van der Waals surface area contributed by atoms with Crippen molar-refractivity contribution in [2.24, 2.45) is 0 Å². The lowest BCUT2D eigenvalue weighted by Gasteiger charge is -2.09.